The number of hydrogen-bond acceptors (Lipinski definition) is 13. The number of rotatable bonds is 59. The second-order valence-electron chi connectivity index (χ2n) is 25.4. The molecule has 14 heteroatoms. The lowest BCUT2D eigenvalue weighted by atomic mass is 9.97. The molecule has 2 rings (SSSR count). The number of aliphatic hydroxyl groups excluding tert-OH is 8. The zero-order valence-electron chi connectivity index (χ0n) is 54.4. The van der Waals surface area contributed by atoms with E-state index in [-0.39, 0.29) is 18.9 Å². The largest absolute Gasteiger partial charge is 0.394 e. The molecule has 500 valence electrons. The minimum atomic E-state index is -1.79. The Labute approximate surface area is 519 Å². The van der Waals surface area contributed by atoms with Gasteiger partial charge in [0.2, 0.25) is 5.91 Å². The monoisotopic (exact) mass is 1210 g/mol. The first-order chi connectivity index (χ1) is 41.6. The van der Waals surface area contributed by atoms with E-state index >= 15 is 0 Å². The van der Waals surface area contributed by atoms with E-state index in [2.05, 4.69) is 43.5 Å². The molecular formula is C71H133NO13. The number of nitrogens with one attached hydrogen (secondary N) is 1. The van der Waals surface area contributed by atoms with Crippen LogP contribution in [0.2, 0.25) is 0 Å². The van der Waals surface area contributed by atoms with Crippen LogP contribution in [0.4, 0.5) is 0 Å². The molecular weight excluding hydrogens is 1070 g/mol. The fraction of sp³-hybridized carbons (Fsp3) is 0.901. The fourth-order valence-corrected chi connectivity index (χ4v) is 11.9. The molecule has 0 aromatic carbocycles. The van der Waals surface area contributed by atoms with Crippen LogP contribution in [0.25, 0.3) is 0 Å². The van der Waals surface area contributed by atoms with Gasteiger partial charge in [-0.3, -0.25) is 4.79 Å². The first kappa shape index (κ1) is 79.3. The maximum atomic E-state index is 13.3. The highest BCUT2D eigenvalue weighted by molar-refractivity contribution is 5.76. The van der Waals surface area contributed by atoms with Crippen LogP contribution < -0.4 is 5.32 Å². The number of aliphatic hydroxyl groups is 8. The summed E-state index contributed by atoms with van der Waals surface area (Å²) < 4.78 is 22.8. The van der Waals surface area contributed by atoms with Crippen molar-refractivity contribution >= 4 is 5.91 Å². The van der Waals surface area contributed by atoms with Gasteiger partial charge in [0.25, 0.3) is 0 Å². The molecule has 12 atom stereocenters. The van der Waals surface area contributed by atoms with Gasteiger partial charge in [0.1, 0.15) is 48.8 Å². The number of amides is 1. The number of ether oxygens (including phenoxy) is 4. The standard InChI is InChI=1S/C71H133NO13/c1-3-5-7-9-11-13-15-17-19-20-21-22-23-24-25-26-27-28-29-30-31-32-33-34-35-36-37-38-39-40-41-43-45-47-49-51-53-55-63(76)72-59(60(75)54-52-50-48-46-44-42-18-16-14-12-10-8-6-4-2)58-82-70-68(81)66(79)69(62(57-74)84-70)85-71-67(80)65(78)64(77)61(56-73)83-71/h15,17,20-21,52,54,59-62,64-71,73-75,77-81H,3-14,16,18-19,22-51,53,55-58H2,1-2H3,(H,72,76)/b17-15-,21-20-,54-52+. The minimum Gasteiger partial charge on any atom is -0.394 e. The van der Waals surface area contributed by atoms with Crippen LogP contribution in [0.1, 0.15) is 316 Å². The molecule has 2 aliphatic rings. The molecule has 0 radical (unpaired) electrons. The van der Waals surface area contributed by atoms with Crippen LogP contribution in [0.5, 0.6) is 0 Å². The lowest BCUT2D eigenvalue weighted by Crippen LogP contribution is -2.65. The van der Waals surface area contributed by atoms with E-state index in [9.17, 15) is 45.6 Å². The Morgan fingerprint density at radius 3 is 1.18 bits per heavy atom. The Morgan fingerprint density at radius 2 is 0.776 bits per heavy atom. The van der Waals surface area contributed by atoms with Crippen molar-refractivity contribution in [3.05, 3.63) is 36.5 Å². The van der Waals surface area contributed by atoms with E-state index in [1.807, 2.05) is 6.08 Å². The molecule has 12 unspecified atom stereocenters. The first-order valence-corrected chi connectivity index (χ1v) is 35.7. The Hall–Kier alpha value is -1.79. The van der Waals surface area contributed by atoms with Gasteiger partial charge < -0.3 is 65.1 Å². The number of unbranched alkanes of at least 4 members (excludes halogenated alkanes) is 42. The predicted molar refractivity (Wildman–Crippen MR) is 346 cm³/mol. The summed E-state index contributed by atoms with van der Waals surface area (Å²) in [5.41, 5.74) is 0. The quantitative estimate of drug-likeness (QED) is 0.0204. The molecule has 2 heterocycles. The molecule has 0 aromatic rings. The number of carbonyl (C=O) groups is 1. The number of hydrogen-bond donors (Lipinski definition) is 9. The third-order valence-corrected chi connectivity index (χ3v) is 17.6. The Kier molecular flexibility index (Phi) is 52.4. The van der Waals surface area contributed by atoms with E-state index in [0.717, 1.165) is 44.9 Å². The second-order valence-corrected chi connectivity index (χ2v) is 25.4. The fourth-order valence-electron chi connectivity index (χ4n) is 11.9. The van der Waals surface area contributed by atoms with Gasteiger partial charge in [0.05, 0.1) is 32.0 Å². The summed E-state index contributed by atoms with van der Waals surface area (Å²) in [5, 5.41) is 87.3. The summed E-state index contributed by atoms with van der Waals surface area (Å²) in [7, 11) is 0. The summed E-state index contributed by atoms with van der Waals surface area (Å²) in [6.07, 6.45) is 55.1. The maximum absolute atomic E-state index is 13.3. The van der Waals surface area contributed by atoms with Crippen LogP contribution in [0, 0.1) is 0 Å². The summed E-state index contributed by atoms with van der Waals surface area (Å²) in [6, 6.07) is -0.912. The molecule has 1 amide bonds. The van der Waals surface area contributed by atoms with Crippen molar-refractivity contribution in [3.8, 4) is 0 Å². The highest BCUT2D eigenvalue weighted by Crippen LogP contribution is 2.30. The van der Waals surface area contributed by atoms with E-state index in [4.69, 9.17) is 18.9 Å². The Bertz CT molecular complexity index is 1560. The van der Waals surface area contributed by atoms with Crippen molar-refractivity contribution in [1.82, 2.24) is 5.32 Å². The van der Waals surface area contributed by atoms with Crippen LogP contribution >= 0.6 is 0 Å². The lowest BCUT2D eigenvalue weighted by Gasteiger charge is -2.46. The average Bonchev–Trinajstić information content (AvgIpc) is 3.65. The highest BCUT2D eigenvalue weighted by atomic mass is 16.7. The molecule has 0 spiro atoms. The van der Waals surface area contributed by atoms with Gasteiger partial charge in [-0.25, -0.2) is 0 Å². The topological polar surface area (TPSA) is 228 Å². The van der Waals surface area contributed by atoms with Gasteiger partial charge in [-0.2, -0.15) is 0 Å². The van der Waals surface area contributed by atoms with Gasteiger partial charge >= 0.3 is 0 Å². The predicted octanol–water partition coefficient (Wildman–Crippen LogP) is 14.5. The van der Waals surface area contributed by atoms with E-state index in [1.165, 1.54) is 244 Å². The average molecular weight is 1210 g/mol. The zero-order valence-corrected chi connectivity index (χ0v) is 54.4. The van der Waals surface area contributed by atoms with Gasteiger partial charge in [-0.1, -0.05) is 294 Å². The summed E-state index contributed by atoms with van der Waals surface area (Å²) in [5.74, 6) is -0.234. The van der Waals surface area contributed by atoms with Gasteiger partial charge in [0.15, 0.2) is 12.6 Å². The molecule has 0 saturated carbocycles. The molecule has 85 heavy (non-hydrogen) atoms. The van der Waals surface area contributed by atoms with Crippen LogP contribution in [-0.4, -0.2) is 140 Å². The lowest BCUT2D eigenvalue weighted by molar-refractivity contribution is -0.359. The minimum absolute atomic E-state index is 0.234. The van der Waals surface area contributed by atoms with E-state index < -0.39 is 86.8 Å². The van der Waals surface area contributed by atoms with Crippen molar-refractivity contribution in [2.75, 3.05) is 19.8 Å². The Morgan fingerprint density at radius 1 is 0.424 bits per heavy atom. The van der Waals surface area contributed by atoms with Crippen molar-refractivity contribution in [2.24, 2.45) is 0 Å². The van der Waals surface area contributed by atoms with E-state index in [1.54, 1.807) is 6.08 Å². The van der Waals surface area contributed by atoms with Crippen molar-refractivity contribution in [3.63, 3.8) is 0 Å². The summed E-state index contributed by atoms with van der Waals surface area (Å²) in [4.78, 5) is 13.3. The van der Waals surface area contributed by atoms with Crippen LogP contribution in [0.15, 0.2) is 36.5 Å². The molecule has 2 saturated heterocycles. The van der Waals surface area contributed by atoms with Crippen molar-refractivity contribution in [1.29, 1.82) is 0 Å². The summed E-state index contributed by atoms with van der Waals surface area (Å²) >= 11 is 0. The smallest absolute Gasteiger partial charge is 0.220 e. The van der Waals surface area contributed by atoms with Gasteiger partial charge in [-0.05, 0) is 51.4 Å². The number of carbonyl (C=O) groups excluding carboxylic acids is 1. The van der Waals surface area contributed by atoms with Crippen LogP contribution in [-0.2, 0) is 23.7 Å². The van der Waals surface area contributed by atoms with E-state index in [0.29, 0.717) is 6.42 Å². The third kappa shape index (κ3) is 40.5. The third-order valence-electron chi connectivity index (χ3n) is 17.6. The normalized spacial score (nSPS) is 23.7. The molecule has 9 N–H and O–H groups in total. The molecule has 2 aliphatic heterocycles. The summed E-state index contributed by atoms with van der Waals surface area (Å²) in [6.45, 7) is 2.81. The van der Waals surface area contributed by atoms with Gasteiger partial charge in [-0.15, -0.1) is 0 Å². The maximum Gasteiger partial charge on any atom is 0.220 e. The molecule has 0 aliphatic carbocycles. The molecule has 0 aromatic heterocycles. The molecule has 0 bridgehead atoms. The Balaban J connectivity index is 1.57. The van der Waals surface area contributed by atoms with Crippen LogP contribution in [0.3, 0.4) is 0 Å². The zero-order chi connectivity index (χ0) is 61.6. The SMILES string of the molecule is CCCCCCC/C=C\C/C=C\CCCCCCCCCCCCCCCCCCCCCCCCCCCC(=O)NC(COC1OC(CO)C(OC2OC(CO)C(O)C(O)C2O)C(O)C1O)C(O)/C=C/CCCCCCCCCCCCCC. The first-order valence-electron chi connectivity index (χ1n) is 35.7. The molecule has 14 nitrogen and oxygen atoms in total. The second kappa shape index (κ2) is 56.2. The van der Waals surface area contributed by atoms with Crippen molar-refractivity contribution < 1.29 is 64.6 Å². The number of allylic oxidation sites excluding steroid dienone is 5. The molecule has 2 fully saturated rings. The van der Waals surface area contributed by atoms with Gasteiger partial charge in [0, 0.05) is 6.42 Å². The van der Waals surface area contributed by atoms with Crippen molar-refractivity contribution in [2.45, 2.75) is 389 Å². The highest BCUT2D eigenvalue weighted by Gasteiger charge is 2.51.